The van der Waals surface area contributed by atoms with Gasteiger partial charge in [0.1, 0.15) is 5.82 Å². The van der Waals surface area contributed by atoms with Crippen LogP contribution < -0.4 is 16.0 Å². The first-order valence-electron chi connectivity index (χ1n) is 10.5. The van der Waals surface area contributed by atoms with Gasteiger partial charge in [0.2, 0.25) is 17.7 Å². The van der Waals surface area contributed by atoms with E-state index in [-0.39, 0.29) is 40.8 Å². The van der Waals surface area contributed by atoms with E-state index in [9.17, 15) is 4.79 Å². The van der Waals surface area contributed by atoms with Gasteiger partial charge in [0, 0.05) is 50.9 Å². The highest BCUT2D eigenvalue weighted by atomic mass is 16.5. The third-order valence-corrected chi connectivity index (χ3v) is 6.05. The number of nitrogens with one attached hydrogen (secondary N) is 3. The zero-order chi connectivity index (χ0) is 23.0. The van der Waals surface area contributed by atoms with E-state index in [0.717, 1.165) is 25.2 Å². The van der Waals surface area contributed by atoms with Crippen LogP contribution in [0.3, 0.4) is 0 Å². The number of rotatable bonds is 6. The lowest BCUT2D eigenvalue weighted by molar-refractivity contribution is -0.130. The fourth-order valence-corrected chi connectivity index (χ4v) is 4.27. The molecule has 1 aromatic heterocycles. The zero-order valence-electron chi connectivity index (χ0n) is 18.4. The lowest BCUT2D eigenvalue weighted by atomic mass is 10.1. The number of hydrogen-bond acceptors (Lipinski definition) is 9. The molecule has 0 spiro atoms. The van der Waals surface area contributed by atoms with Gasteiger partial charge in [0.05, 0.1) is 6.20 Å². The maximum atomic E-state index is 12.2. The Morgan fingerprint density at radius 3 is 2.50 bits per heavy atom. The van der Waals surface area contributed by atoms with E-state index in [0.29, 0.717) is 23.2 Å². The third-order valence-electron chi connectivity index (χ3n) is 6.05. The maximum absolute atomic E-state index is 12.2. The Bertz CT molecular complexity index is 1060. The van der Waals surface area contributed by atoms with Crippen molar-refractivity contribution in [2.75, 3.05) is 44.9 Å². The molecule has 1 saturated heterocycles. The summed E-state index contributed by atoms with van der Waals surface area (Å²) in [6, 6.07) is 7.34. The molecule has 2 unspecified atom stereocenters. The molecule has 32 heavy (non-hydrogen) atoms. The van der Waals surface area contributed by atoms with E-state index < -0.39 is 0 Å². The Hall–Kier alpha value is -3.53. The second-order valence-electron chi connectivity index (χ2n) is 8.44. The van der Waals surface area contributed by atoms with Crippen molar-refractivity contribution in [3.63, 3.8) is 0 Å². The first-order chi connectivity index (χ1) is 15.3. The van der Waals surface area contributed by atoms with Crippen molar-refractivity contribution >= 4 is 29.3 Å². The van der Waals surface area contributed by atoms with Crippen LogP contribution in [-0.4, -0.2) is 66.8 Å². The molecule has 3 atom stereocenters. The van der Waals surface area contributed by atoms with Crippen LogP contribution in [0.1, 0.15) is 22.5 Å². The van der Waals surface area contributed by atoms with Crippen molar-refractivity contribution in [3.05, 3.63) is 47.3 Å². The van der Waals surface area contributed by atoms with E-state index in [1.54, 1.807) is 37.3 Å². The summed E-state index contributed by atoms with van der Waals surface area (Å²) in [7, 11) is 5.43. The smallest absolute Gasteiger partial charge is 0.243 e. The standard InChI is InChI=1S/C22H28N8O2.4H2/c1-26-8-12-4-6-13(7-5-12)20(24)32-21(25)18-19(23)27-9-16(28-18)30-10-14-15(11-30)17(14)22(31)29(2)3;;;;/h4-7,9,14-15,17,24-26H,8,10-11H2,1-3H3,(H2,23,27);4*1H/t14-,15?,17?;;;;/m0..../s1. The molecule has 2 fully saturated rings. The van der Waals surface area contributed by atoms with Crippen molar-refractivity contribution in [2.45, 2.75) is 6.54 Å². The van der Waals surface area contributed by atoms with Gasteiger partial charge in [-0.15, -0.1) is 0 Å². The molecule has 2 aliphatic rings. The van der Waals surface area contributed by atoms with Crippen molar-refractivity contribution < 1.29 is 15.2 Å². The number of amides is 1. The van der Waals surface area contributed by atoms with E-state index in [4.69, 9.17) is 21.3 Å². The fourth-order valence-electron chi connectivity index (χ4n) is 4.27. The van der Waals surface area contributed by atoms with Crippen LogP contribution >= 0.6 is 0 Å². The van der Waals surface area contributed by atoms with Gasteiger partial charge in [-0.1, -0.05) is 12.1 Å². The van der Waals surface area contributed by atoms with Gasteiger partial charge in [-0.3, -0.25) is 15.6 Å². The van der Waals surface area contributed by atoms with Crippen LogP contribution in [0.2, 0.25) is 0 Å². The van der Waals surface area contributed by atoms with E-state index in [1.807, 2.05) is 19.2 Å². The quantitative estimate of drug-likeness (QED) is 0.393. The van der Waals surface area contributed by atoms with Crippen LogP contribution in [0.25, 0.3) is 0 Å². The molecular formula is C22H36N8O2. The van der Waals surface area contributed by atoms with Crippen molar-refractivity contribution in [3.8, 4) is 0 Å². The van der Waals surface area contributed by atoms with Gasteiger partial charge >= 0.3 is 0 Å². The number of anilines is 2. The molecule has 1 aromatic carbocycles. The summed E-state index contributed by atoms with van der Waals surface area (Å²) in [5.74, 6) is 1.08. The number of aromatic nitrogens is 2. The van der Waals surface area contributed by atoms with Gasteiger partial charge in [0.15, 0.2) is 11.5 Å². The molecule has 0 radical (unpaired) electrons. The number of carbonyl (C=O) groups excluding carboxylic acids is 1. The summed E-state index contributed by atoms with van der Waals surface area (Å²) in [5, 5.41) is 19.5. The average Bonchev–Trinajstić information content (AvgIpc) is 3.26. The Balaban J connectivity index is 0.00000306. The molecule has 4 rings (SSSR count). The molecule has 0 bridgehead atoms. The lowest BCUT2D eigenvalue weighted by Crippen LogP contribution is -2.32. The van der Waals surface area contributed by atoms with Crippen LogP contribution in [0, 0.1) is 28.6 Å². The Morgan fingerprint density at radius 1 is 1.25 bits per heavy atom. The van der Waals surface area contributed by atoms with Gasteiger partial charge in [-0.2, -0.15) is 0 Å². The minimum Gasteiger partial charge on any atom is -0.419 e. The number of ether oxygens (including phenoxy) is 1. The minimum atomic E-state index is -0.328. The molecule has 176 valence electrons. The molecule has 5 N–H and O–H groups in total. The van der Waals surface area contributed by atoms with Crippen molar-refractivity contribution in [1.82, 2.24) is 20.2 Å². The summed E-state index contributed by atoms with van der Waals surface area (Å²) in [6.45, 7) is 2.16. The first-order valence-corrected chi connectivity index (χ1v) is 10.5. The Labute approximate surface area is 192 Å². The molecule has 1 amide bonds. The highest BCUT2D eigenvalue weighted by molar-refractivity contribution is 6.05. The SMILES string of the molecule is CNCc1ccc(C(=N)OC(=N)c2nc(N3CC4C(C(=O)N(C)C)[C@H]4C3)cnc2N)cc1.[HH].[HH].[HH].[HH]. The highest BCUT2D eigenvalue weighted by Crippen LogP contribution is 2.53. The Kier molecular flexibility index (Phi) is 5.79. The van der Waals surface area contributed by atoms with Gasteiger partial charge in [-0.05, 0) is 36.6 Å². The van der Waals surface area contributed by atoms with Gasteiger partial charge in [0.25, 0.3) is 0 Å². The molecule has 1 aliphatic heterocycles. The van der Waals surface area contributed by atoms with Crippen LogP contribution in [-0.2, 0) is 16.1 Å². The number of nitrogens with two attached hydrogens (primary N) is 1. The number of nitrogen functional groups attached to an aromatic ring is 1. The molecule has 2 aromatic rings. The van der Waals surface area contributed by atoms with Gasteiger partial charge < -0.3 is 25.6 Å². The molecule has 2 heterocycles. The maximum Gasteiger partial charge on any atom is 0.243 e. The number of hydrogen-bond donors (Lipinski definition) is 4. The number of benzene rings is 1. The number of fused-ring (bicyclic) bond motifs is 1. The first kappa shape index (κ1) is 21.7. The number of nitrogens with zero attached hydrogens (tertiary/aromatic N) is 4. The fraction of sp³-hybridized carbons (Fsp3) is 0.409. The highest BCUT2D eigenvalue weighted by Gasteiger charge is 2.60. The second-order valence-corrected chi connectivity index (χ2v) is 8.44. The normalized spacial score (nSPS) is 21.1. The predicted molar refractivity (Wildman–Crippen MR) is 130 cm³/mol. The predicted octanol–water partition coefficient (Wildman–Crippen LogP) is 1.90. The monoisotopic (exact) mass is 444 g/mol. The summed E-state index contributed by atoms with van der Waals surface area (Å²) >= 11 is 0. The van der Waals surface area contributed by atoms with Gasteiger partial charge in [-0.25, -0.2) is 9.97 Å². The lowest BCUT2D eigenvalue weighted by Gasteiger charge is -2.22. The largest absolute Gasteiger partial charge is 0.419 e. The van der Waals surface area contributed by atoms with E-state index >= 15 is 0 Å². The zero-order valence-corrected chi connectivity index (χ0v) is 18.4. The summed E-state index contributed by atoms with van der Waals surface area (Å²) in [6.07, 6.45) is 1.57. The molecule has 1 saturated carbocycles. The van der Waals surface area contributed by atoms with E-state index in [2.05, 4.69) is 20.2 Å². The summed E-state index contributed by atoms with van der Waals surface area (Å²) in [5.41, 5.74) is 7.68. The number of carbonyl (C=O) groups is 1. The summed E-state index contributed by atoms with van der Waals surface area (Å²) < 4.78 is 5.43. The molecular weight excluding hydrogens is 408 g/mol. The van der Waals surface area contributed by atoms with Crippen LogP contribution in [0.15, 0.2) is 30.5 Å². The molecule has 1 aliphatic carbocycles. The van der Waals surface area contributed by atoms with E-state index in [1.165, 1.54) is 0 Å². The molecule has 10 nitrogen and oxygen atoms in total. The van der Waals surface area contributed by atoms with Crippen LogP contribution in [0.4, 0.5) is 11.6 Å². The van der Waals surface area contributed by atoms with Crippen molar-refractivity contribution in [2.24, 2.45) is 17.8 Å². The van der Waals surface area contributed by atoms with Crippen molar-refractivity contribution in [1.29, 1.82) is 10.8 Å². The molecule has 10 heteroatoms. The topological polar surface area (TPSA) is 144 Å². The summed E-state index contributed by atoms with van der Waals surface area (Å²) in [4.78, 5) is 24.6. The minimum absolute atomic E-state index is 0. The second kappa shape index (κ2) is 8.54. The number of piperidine rings is 1. The average molecular weight is 445 g/mol. The third kappa shape index (κ3) is 4.13. The van der Waals surface area contributed by atoms with Crippen LogP contribution in [0.5, 0.6) is 0 Å². The Morgan fingerprint density at radius 2 is 1.91 bits per heavy atom.